The van der Waals surface area contributed by atoms with Crippen molar-refractivity contribution in [1.29, 1.82) is 0 Å². The largest absolute Gasteiger partial charge is 0.210 e. The van der Waals surface area contributed by atoms with Crippen molar-refractivity contribution in [3.63, 3.8) is 0 Å². The first kappa shape index (κ1) is 19.7. The molecule has 25 heavy (non-hydrogen) atoms. The summed E-state index contributed by atoms with van der Waals surface area (Å²) in [5, 5.41) is 0. The Balaban J connectivity index is 1.62. The van der Waals surface area contributed by atoms with Gasteiger partial charge in [0.15, 0.2) is 0 Å². The van der Waals surface area contributed by atoms with Crippen LogP contribution in [0.1, 0.15) is 83.5 Å². The molecule has 0 radical (unpaired) electrons. The lowest BCUT2D eigenvalue weighted by Gasteiger charge is -2.45. The Labute approximate surface area is 165 Å². The SMILES string of the molecule is S=S1N(C2CCCCC2)P2CCCCCP(CC2)N1C1CCCCC1. The van der Waals surface area contributed by atoms with Crippen LogP contribution in [0.5, 0.6) is 0 Å². The van der Waals surface area contributed by atoms with Crippen LogP contribution < -0.4 is 0 Å². The molecule has 0 aromatic carbocycles. The fourth-order valence-electron chi connectivity index (χ4n) is 5.22. The zero-order valence-corrected chi connectivity index (χ0v) is 19.2. The molecule has 4 rings (SSSR count). The van der Waals surface area contributed by atoms with Gasteiger partial charge in [0.1, 0.15) is 0 Å². The number of hydrogen-bond donors (Lipinski definition) is 0. The van der Waals surface area contributed by atoms with Gasteiger partial charge in [0.05, 0.1) is 0 Å². The Bertz CT molecular complexity index is 415. The van der Waals surface area contributed by atoms with Gasteiger partial charge in [0, 0.05) is 21.9 Å². The molecule has 0 N–H and O–H groups in total. The topological polar surface area (TPSA) is 6.48 Å². The fourth-order valence-corrected chi connectivity index (χ4v) is 17.6. The van der Waals surface area contributed by atoms with E-state index in [0.29, 0.717) is 0 Å². The second kappa shape index (κ2) is 9.71. The number of hydrogen-bond acceptors (Lipinski definition) is 1. The standard InChI is InChI=1S/C19H36N2P2S2/c24-25-20(18-10-4-1-5-11-18)22-14-8-3-9-15-23(17-16-22)21(25)19-12-6-2-7-13-19/h18-19H,1-17H2. The molecule has 2 saturated heterocycles. The van der Waals surface area contributed by atoms with Crippen molar-refractivity contribution >= 4 is 37.2 Å². The summed E-state index contributed by atoms with van der Waals surface area (Å²) in [6, 6.07) is 1.67. The molecule has 2 saturated carbocycles. The third kappa shape index (κ3) is 4.68. The minimum atomic E-state index is 0.00175. The van der Waals surface area contributed by atoms with E-state index in [1.165, 1.54) is 108 Å². The van der Waals surface area contributed by atoms with Gasteiger partial charge >= 0.3 is 0 Å². The summed E-state index contributed by atoms with van der Waals surface area (Å²) in [5.41, 5.74) is 0. The highest BCUT2D eigenvalue weighted by molar-refractivity contribution is 8.29. The van der Waals surface area contributed by atoms with E-state index in [0.717, 1.165) is 12.1 Å². The van der Waals surface area contributed by atoms with E-state index < -0.39 is 0 Å². The lowest BCUT2D eigenvalue weighted by Crippen LogP contribution is -2.44. The molecule has 144 valence electrons. The predicted molar refractivity (Wildman–Crippen MR) is 119 cm³/mol. The van der Waals surface area contributed by atoms with Crippen LogP contribution in [0.3, 0.4) is 0 Å². The van der Waals surface area contributed by atoms with Crippen LogP contribution in [0.15, 0.2) is 0 Å². The van der Waals surface area contributed by atoms with Crippen molar-refractivity contribution in [2.75, 3.05) is 24.6 Å². The number of rotatable bonds is 2. The third-order valence-corrected chi connectivity index (χ3v) is 17.0. The van der Waals surface area contributed by atoms with E-state index >= 15 is 0 Å². The Morgan fingerprint density at radius 2 is 0.960 bits per heavy atom. The van der Waals surface area contributed by atoms with Gasteiger partial charge in [-0.3, -0.25) is 0 Å². The van der Waals surface area contributed by atoms with E-state index in [2.05, 4.69) is 8.15 Å². The normalized spacial score (nSPS) is 38.0. The number of fused-ring (bicyclic) bond motifs is 3. The molecule has 0 spiro atoms. The van der Waals surface area contributed by atoms with Crippen molar-refractivity contribution in [2.45, 2.75) is 95.6 Å². The van der Waals surface area contributed by atoms with Gasteiger partial charge in [-0.2, -0.15) is 0 Å². The second-order valence-electron chi connectivity index (χ2n) is 8.39. The van der Waals surface area contributed by atoms with Crippen LogP contribution >= 0.6 is 16.1 Å². The number of nitrogens with zero attached hydrogens (tertiary/aromatic N) is 2. The lowest BCUT2D eigenvalue weighted by atomic mass is 9.96. The lowest BCUT2D eigenvalue weighted by molar-refractivity contribution is 0.329. The molecule has 0 aromatic rings. The Morgan fingerprint density at radius 3 is 1.40 bits per heavy atom. The van der Waals surface area contributed by atoms with Crippen molar-refractivity contribution in [1.82, 2.24) is 8.15 Å². The monoisotopic (exact) mass is 418 g/mol. The van der Waals surface area contributed by atoms with Crippen LogP contribution in [0.2, 0.25) is 0 Å². The molecular weight excluding hydrogens is 382 g/mol. The van der Waals surface area contributed by atoms with Gasteiger partial charge < -0.3 is 0 Å². The maximum atomic E-state index is 6.45. The predicted octanol–water partition coefficient (Wildman–Crippen LogP) is 6.16. The van der Waals surface area contributed by atoms with E-state index in [-0.39, 0.29) is 26.0 Å². The van der Waals surface area contributed by atoms with Gasteiger partial charge in [-0.05, 0) is 90.5 Å². The molecule has 0 aromatic heterocycles. The van der Waals surface area contributed by atoms with Crippen LogP contribution in [0.25, 0.3) is 0 Å². The van der Waals surface area contributed by atoms with Gasteiger partial charge in [0.2, 0.25) is 0 Å². The zero-order valence-electron chi connectivity index (χ0n) is 15.8. The maximum Gasteiger partial charge on any atom is 0.0297 e. The summed E-state index contributed by atoms with van der Waals surface area (Å²) in [7, 11) is 0.106. The molecule has 6 heteroatoms. The molecular formula is C19H36N2P2S2. The molecule has 2 aliphatic heterocycles. The van der Waals surface area contributed by atoms with Gasteiger partial charge in [-0.1, -0.05) is 44.9 Å². The Kier molecular flexibility index (Phi) is 7.63. The Hall–Kier alpha value is 1.35. The van der Waals surface area contributed by atoms with Gasteiger partial charge in [0.25, 0.3) is 0 Å². The first-order valence-electron chi connectivity index (χ1n) is 10.8. The second-order valence-corrected chi connectivity index (χ2v) is 15.7. The molecule has 2 unspecified atom stereocenters. The maximum absolute atomic E-state index is 6.45. The van der Waals surface area contributed by atoms with Crippen molar-refractivity contribution < 1.29 is 0 Å². The summed E-state index contributed by atoms with van der Waals surface area (Å²) in [6.07, 6.45) is 25.0. The first-order valence-corrected chi connectivity index (χ1v) is 16.2. The smallest absolute Gasteiger partial charge is 0.0297 e. The highest BCUT2D eigenvalue weighted by Gasteiger charge is 2.41. The summed E-state index contributed by atoms with van der Waals surface area (Å²) < 4.78 is 6.01. The molecule has 0 amide bonds. The van der Waals surface area contributed by atoms with Crippen molar-refractivity contribution in [3.05, 3.63) is 0 Å². The zero-order chi connectivity index (χ0) is 17.1. The quantitative estimate of drug-likeness (QED) is 0.496. The third-order valence-electron chi connectivity index (χ3n) is 6.60. The van der Waals surface area contributed by atoms with Crippen LogP contribution in [0.4, 0.5) is 0 Å². The van der Waals surface area contributed by atoms with Crippen LogP contribution in [-0.2, 0) is 21.0 Å². The average Bonchev–Trinajstić information content (AvgIpc) is 2.72. The van der Waals surface area contributed by atoms with Crippen LogP contribution in [0, 0.1) is 0 Å². The van der Waals surface area contributed by atoms with Crippen molar-refractivity contribution in [3.8, 4) is 0 Å². The average molecular weight is 419 g/mol. The summed E-state index contributed by atoms with van der Waals surface area (Å²) in [4.78, 5) is 0. The van der Waals surface area contributed by atoms with Gasteiger partial charge in [-0.15, -0.1) is 0 Å². The summed E-state index contributed by atoms with van der Waals surface area (Å²) >= 11 is 6.45. The minimum absolute atomic E-state index is 0.00175. The van der Waals surface area contributed by atoms with Gasteiger partial charge in [-0.25, -0.2) is 8.15 Å². The molecule has 2 aliphatic carbocycles. The molecule has 2 nitrogen and oxygen atoms in total. The van der Waals surface area contributed by atoms with E-state index in [1.54, 1.807) is 0 Å². The summed E-state index contributed by atoms with van der Waals surface area (Å²) in [5.74, 6) is 0. The first-order chi connectivity index (χ1) is 12.3. The molecule has 2 bridgehead atoms. The minimum Gasteiger partial charge on any atom is -0.210 e. The molecule has 4 fully saturated rings. The molecule has 2 atom stereocenters. The highest BCUT2D eigenvalue weighted by atomic mass is 32.8. The van der Waals surface area contributed by atoms with E-state index in [9.17, 15) is 0 Å². The van der Waals surface area contributed by atoms with Crippen LogP contribution in [-0.4, -0.2) is 44.9 Å². The van der Waals surface area contributed by atoms with E-state index in [1.807, 2.05) is 0 Å². The van der Waals surface area contributed by atoms with E-state index in [4.69, 9.17) is 11.2 Å². The molecule has 4 aliphatic rings. The Morgan fingerprint density at radius 1 is 0.560 bits per heavy atom. The molecule has 2 heterocycles. The highest BCUT2D eigenvalue weighted by Crippen LogP contribution is 2.59. The summed E-state index contributed by atoms with van der Waals surface area (Å²) in [6.45, 7) is 0. The fraction of sp³-hybridized carbons (Fsp3) is 1.00. The van der Waals surface area contributed by atoms with Crippen molar-refractivity contribution in [2.24, 2.45) is 0 Å².